The van der Waals surface area contributed by atoms with Gasteiger partial charge in [-0.1, -0.05) is 73.5 Å². The Kier molecular flexibility index (Phi) is 5.67. The number of nitrogens with zero attached hydrogens (tertiary/aromatic N) is 2. The van der Waals surface area contributed by atoms with Crippen molar-refractivity contribution in [3.63, 3.8) is 0 Å². The lowest BCUT2D eigenvalue weighted by atomic mass is 9.77. The van der Waals surface area contributed by atoms with Crippen LogP contribution in [0.1, 0.15) is 36.8 Å². The fourth-order valence-corrected chi connectivity index (χ4v) is 4.77. The highest BCUT2D eigenvalue weighted by molar-refractivity contribution is 5.92. The van der Waals surface area contributed by atoms with Gasteiger partial charge < -0.3 is 14.9 Å². The molecule has 152 valence electrons. The average Bonchev–Trinajstić information content (AvgIpc) is 3.20. The molecule has 2 aliphatic rings. The Hall–Kier alpha value is -2.66. The van der Waals surface area contributed by atoms with Crippen molar-refractivity contribution in [1.29, 1.82) is 0 Å². The molecule has 0 radical (unpaired) electrons. The molecule has 1 atom stereocenters. The van der Waals surface area contributed by atoms with Crippen LogP contribution < -0.4 is 0 Å². The first kappa shape index (κ1) is 19.6. The molecule has 2 aromatic carbocycles. The predicted octanol–water partition coefficient (Wildman–Crippen LogP) is 2.73. The molecule has 2 fully saturated rings. The van der Waals surface area contributed by atoms with Gasteiger partial charge in [-0.3, -0.25) is 9.59 Å². The number of aliphatic hydroxyl groups is 1. The monoisotopic (exact) mass is 392 g/mol. The molecular formula is C24H28N2O3. The van der Waals surface area contributed by atoms with Crippen LogP contribution in [0.2, 0.25) is 0 Å². The first-order valence-electron chi connectivity index (χ1n) is 10.4. The molecule has 5 nitrogen and oxygen atoms in total. The van der Waals surface area contributed by atoms with E-state index >= 15 is 0 Å². The number of amides is 2. The fraction of sp³-hybridized carbons (Fsp3) is 0.417. The fourth-order valence-electron chi connectivity index (χ4n) is 4.77. The summed E-state index contributed by atoms with van der Waals surface area (Å²) in [7, 11) is 0. The van der Waals surface area contributed by atoms with E-state index in [1.54, 1.807) is 9.80 Å². The van der Waals surface area contributed by atoms with Crippen molar-refractivity contribution in [2.24, 2.45) is 0 Å². The van der Waals surface area contributed by atoms with Crippen LogP contribution in [0.15, 0.2) is 60.7 Å². The molecule has 0 aromatic heterocycles. The molecule has 1 saturated carbocycles. The SMILES string of the molecule is O=C1CN(C(=O)C2(c3ccccc3)CCCC2)CC(O)CN1Cc1ccccc1. The van der Waals surface area contributed by atoms with Gasteiger partial charge >= 0.3 is 0 Å². The molecule has 1 N–H and O–H groups in total. The highest BCUT2D eigenvalue weighted by atomic mass is 16.3. The van der Waals surface area contributed by atoms with E-state index in [-0.39, 0.29) is 31.4 Å². The van der Waals surface area contributed by atoms with E-state index in [1.807, 2.05) is 60.7 Å². The highest BCUT2D eigenvalue weighted by Crippen LogP contribution is 2.42. The summed E-state index contributed by atoms with van der Waals surface area (Å²) in [5.41, 5.74) is 1.47. The maximum absolute atomic E-state index is 13.7. The molecule has 29 heavy (non-hydrogen) atoms. The van der Waals surface area contributed by atoms with Gasteiger partial charge in [-0.2, -0.15) is 0 Å². The van der Waals surface area contributed by atoms with E-state index in [4.69, 9.17) is 0 Å². The van der Waals surface area contributed by atoms with Crippen LogP contribution >= 0.6 is 0 Å². The van der Waals surface area contributed by atoms with Crippen molar-refractivity contribution in [1.82, 2.24) is 9.80 Å². The molecular weight excluding hydrogens is 364 g/mol. The smallest absolute Gasteiger partial charge is 0.242 e. The molecule has 1 aliphatic heterocycles. The van der Waals surface area contributed by atoms with Crippen molar-refractivity contribution >= 4 is 11.8 Å². The average molecular weight is 392 g/mol. The summed E-state index contributed by atoms with van der Waals surface area (Å²) >= 11 is 0. The van der Waals surface area contributed by atoms with Gasteiger partial charge in [0.15, 0.2) is 0 Å². The number of rotatable bonds is 4. The van der Waals surface area contributed by atoms with Crippen molar-refractivity contribution in [2.75, 3.05) is 19.6 Å². The number of β-amino-alcohol motifs (C(OH)–C–C–N with tert-alkyl or cyclic N) is 1. The molecule has 1 heterocycles. The standard InChI is InChI=1S/C24H28N2O3/c27-21-16-25(15-19-9-3-1-4-10-19)22(28)18-26(17-21)23(29)24(13-7-8-14-24)20-11-5-2-6-12-20/h1-6,9-12,21,27H,7-8,13-18H2. The van der Waals surface area contributed by atoms with Crippen LogP contribution in [0.5, 0.6) is 0 Å². The first-order valence-corrected chi connectivity index (χ1v) is 10.4. The summed E-state index contributed by atoms with van der Waals surface area (Å²) < 4.78 is 0. The van der Waals surface area contributed by atoms with Crippen molar-refractivity contribution < 1.29 is 14.7 Å². The Morgan fingerprint density at radius 2 is 1.59 bits per heavy atom. The Labute approximate surface area is 171 Å². The zero-order valence-electron chi connectivity index (χ0n) is 16.7. The summed E-state index contributed by atoms with van der Waals surface area (Å²) in [5, 5.41) is 10.6. The molecule has 1 aliphatic carbocycles. The number of carbonyl (C=O) groups is 2. The minimum absolute atomic E-state index is 0.0184. The largest absolute Gasteiger partial charge is 0.389 e. The Bertz CT molecular complexity index is 847. The van der Waals surface area contributed by atoms with Crippen LogP contribution in [0.3, 0.4) is 0 Å². The van der Waals surface area contributed by atoms with Crippen LogP contribution in [0.4, 0.5) is 0 Å². The third-order valence-corrected chi connectivity index (χ3v) is 6.24. The topological polar surface area (TPSA) is 60.9 Å². The van der Waals surface area contributed by atoms with Crippen molar-refractivity contribution in [3.8, 4) is 0 Å². The Morgan fingerprint density at radius 3 is 2.24 bits per heavy atom. The number of aliphatic hydroxyl groups excluding tert-OH is 1. The molecule has 1 saturated heterocycles. The zero-order chi connectivity index (χ0) is 20.3. The van der Waals surface area contributed by atoms with E-state index in [1.165, 1.54) is 0 Å². The summed E-state index contributed by atoms with van der Waals surface area (Å²) in [6.45, 7) is 0.917. The summed E-state index contributed by atoms with van der Waals surface area (Å²) in [4.78, 5) is 29.9. The van der Waals surface area contributed by atoms with Gasteiger partial charge in [0, 0.05) is 19.6 Å². The number of benzene rings is 2. The molecule has 4 rings (SSSR count). The van der Waals surface area contributed by atoms with Crippen molar-refractivity contribution in [3.05, 3.63) is 71.8 Å². The third-order valence-electron chi connectivity index (χ3n) is 6.24. The second-order valence-corrected chi connectivity index (χ2v) is 8.25. The van der Waals surface area contributed by atoms with E-state index in [0.717, 1.165) is 36.8 Å². The predicted molar refractivity (Wildman–Crippen MR) is 111 cm³/mol. The maximum Gasteiger partial charge on any atom is 0.242 e. The maximum atomic E-state index is 13.7. The van der Waals surface area contributed by atoms with Crippen LogP contribution in [-0.2, 0) is 21.5 Å². The van der Waals surface area contributed by atoms with E-state index < -0.39 is 11.5 Å². The van der Waals surface area contributed by atoms with Gasteiger partial charge in [-0.15, -0.1) is 0 Å². The quantitative estimate of drug-likeness (QED) is 0.870. The van der Waals surface area contributed by atoms with Gasteiger partial charge in [0.05, 0.1) is 18.1 Å². The molecule has 0 spiro atoms. The highest BCUT2D eigenvalue weighted by Gasteiger charge is 2.46. The molecule has 2 amide bonds. The molecule has 5 heteroatoms. The van der Waals surface area contributed by atoms with E-state index in [0.29, 0.717) is 6.54 Å². The molecule has 0 bridgehead atoms. The summed E-state index contributed by atoms with van der Waals surface area (Å²) in [5.74, 6) is -0.130. The van der Waals surface area contributed by atoms with Crippen LogP contribution in [0.25, 0.3) is 0 Å². The number of hydrogen-bond donors (Lipinski definition) is 1. The number of carbonyl (C=O) groups excluding carboxylic acids is 2. The van der Waals surface area contributed by atoms with Crippen LogP contribution in [0, 0.1) is 0 Å². The van der Waals surface area contributed by atoms with Gasteiger partial charge in [0.25, 0.3) is 0 Å². The number of hydrogen-bond acceptors (Lipinski definition) is 3. The third kappa shape index (κ3) is 4.06. The van der Waals surface area contributed by atoms with Gasteiger partial charge in [0.1, 0.15) is 0 Å². The zero-order valence-corrected chi connectivity index (χ0v) is 16.7. The second kappa shape index (κ2) is 8.37. The van der Waals surface area contributed by atoms with Crippen molar-refractivity contribution in [2.45, 2.75) is 43.7 Å². The van der Waals surface area contributed by atoms with E-state index in [2.05, 4.69) is 0 Å². The lowest BCUT2D eigenvalue weighted by Crippen LogP contribution is -2.49. The van der Waals surface area contributed by atoms with Gasteiger partial charge in [0.2, 0.25) is 11.8 Å². The second-order valence-electron chi connectivity index (χ2n) is 8.25. The lowest BCUT2D eigenvalue weighted by Gasteiger charge is -2.34. The minimum Gasteiger partial charge on any atom is -0.389 e. The lowest BCUT2D eigenvalue weighted by molar-refractivity contribution is -0.142. The normalized spacial score (nSPS) is 21.8. The summed E-state index contributed by atoms with van der Waals surface area (Å²) in [6, 6.07) is 19.7. The van der Waals surface area contributed by atoms with Gasteiger partial charge in [-0.25, -0.2) is 0 Å². The summed E-state index contributed by atoms with van der Waals surface area (Å²) in [6.07, 6.45) is 2.86. The van der Waals surface area contributed by atoms with Gasteiger partial charge in [-0.05, 0) is 24.0 Å². The first-order chi connectivity index (χ1) is 14.1. The molecule has 1 unspecified atom stereocenters. The Balaban J connectivity index is 1.55. The van der Waals surface area contributed by atoms with E-state index in [9.17, 15) is 14.7 Å². The Morgan fingerprint density at radius 1 is 0.966 bits per heavy atom. The molecule has 2 aromatic rings. The van der Waals surface area contributed by atoms with Crippen LogP contribution in [-0.4, -0.2) is 52.5 Å². The minimum atomic E-state index is -0.747.